The zero-order chi connectivity index (χ0) is 19.5. The lowest BCUT2D eigenvalue weighted by atomic mass is 9.87. The number of nitrogens with zero attached hydrogens (tertiary/aromatic N) is 1. The number of amides is 2. The SMILES string of the molecule is Nc1ccc2c(c1)CCCC2NC(=O)C1CCCN1C(=O)Cc1ccccc1. The van der Waals surface area contributed by atoms with Crippen LogP contribution in [0.25, 0.3) is 0 Å². The standard InChI is InChI=1S/C23H27N3O2/c24-18-11-12-19-17(15-18)8-4-9-20(19)25-23(28)21-10-5-13-26(21)22(27)14-16-6-2-1-3-7-16/h1-3,6-7,11-12,15,20-21H,4-5,8-10,13-14,24H2,(H,25,28). The fourth-order valence-electron chi connectivity index (χ4n) is 4.46. The van der Waals surface area contributed by atoms with Crippen LogP contribution in [-0.2, 0) is 22.4 Å². The van der Waals surface area contributed by atoms with Crippen molar-refractivity contribution >= 4 is 17.5 Å². The van der Waals surface area contributed by atoms with Gasteiger partial charge in [-0.25, -0.2) is 0 Å². The van der Waals surface area contributed by atoms with Crippen LogP contribution in [-0.4, -0.2) is 29.3 Å². The van der Waals surface area contributed by atoms with Gasteiger partial charge in [0.25, 0.3) is 0 Å². The molecule has 2 amide bonds. The molecule has 1 aliphatic carbocycles. The lowest BCUT2D eigenvalue weighted by Crippen LogP contribution is -2.47. The van der Waals surface area contributed by atoms with Gasteiger partial charge in [0.05, 0.1) is 12.5 Å². The van der Waals surface area contributed by atoms with E-state index in [0.29, 0.717) is 13.0 Å². The molecule has 146 valence electrons. The number of fused-ring (bicyclic) bond motifs is 1. The van der Waals surface area contributed by atoms with Crippen molar-refractivity contribution in [2.24, 2.45) is 0 Å². The second-order valence-electron chi connectivity index (χ2n) is 7.82. The maximum Gasteiger partial charge on any atom is 0.243 e. The summed E-state index contributed by atoms with van der Waals surface area (Å²) in [5.74, 6) is -0.00532. The zero-order valence-corrected chi connectivity index (χ0v) is 16.1. The Labute approximate surface area is 165 Å². The third-order valence-corrected chi connectivity index (χ3v) is 5.87. The number of anilines is 1. The summed E-state index contributed by atoms with van der Waals surface area (Å²) < 4.78 is 0. The van der Waals surface area contributed by atoms with Crippen LogP contribution in [0, 0.1) is 0 Å². The maximum absolute atomic E-state index is 13.0. The molecule has 28 heavy (non-hydrogen) atoms. The summed E-state index contributed by atoms with van der Waals surface area (Å²) >= 11 is 0. The van der Waals surface area contributed by atoms with Crippen molar-refractivity contribution in [3.05, 3.63) is 65.2 Å². The summed E-state index contributed by atoms with van der Waals surface area (Å²) in [7, 11) is 0. The first-order valence-electron chi connectivity index (χ1n) is 10.1. The van der Waals surface area contributed by atoms with Crippen LogP contribution in [0.4, 0.5) is 5.69 Å². The molecule has 2 aliphatic rings. The van der Waals surface area contributed by atoms with E-state index < -0.39 is 0 Å². The Morgan fingerprint density at radius 2 is 1.89 bits per heavy atom. The van der Waals surface area contributed by atoms with Crippen molar-refractivity contribution in [3.8, 4) is 0 Å². The Morgan fingerprint density at radius 3 is 2.71 bits per heavy atom. The van der Waals surface area contributed by atoms with Gasteiger partial charge in [-0.2, -0.15) is 0 Å². The minimum atomic E-state index is -0.365. The number of hydrogen-bond donors (Lipinski definition) is 2. The summed E-state index contributed by atoms with van der Waals surface area (Å²) in [4.78, 5) is 27.6. The Bertz CT molecular complexity index is 865. The fraction of sp³-hybridized carbons (Fsp3) is 0.391. The molecule has 5 heteroatoms. The van der Waals surface area contributed by atoms with E-state index in [4.69, 9.17) is 5.73 Å². The first kappa shape index (κ1) is 18.5. The summed E-state index contributed by atoms with van der Waals surface area (Å²) in [5.41, 5.74) is 10.0. The van der Waals surface area contributed by atoms with E-state index in [1.54, 1.807) is 4.90 Å². The Kier molecular flexibility index (Phi) is 5.33. The van der Waals surface area contributed by atoms with Gasteiger partial charge < -0.3 is 16.0 Å². The number of rotatable bonds is 4. The van der Waals surface area contributed by atoms with Crippen LogP contribution in [0.3, 0.4) is 0 Å². The normalized spacial score (nSPS) is 21.2. The van der Waals surface area contributed by atoms with E-state index in [0.717, 1.165) is 48.9 Å². The maximum atomic E-state index is 13.0. The highest BCUT2D eigenvalue weighted by atomic mass is 16.2. The summed E-state index contributed by atoms with van der Waals surface area (Å²) in [6, 6.07) is 15.3. The van der Waals surface area contributed by atoms with Crippen LogP contribution < -0.4 is 11.1 Å². The molecule has 4 rings (SSSR count). The van der Waals surface area contributed by atoms with E-state index >= 15 is 0 Å². The third kappa shape index (κ3) is 3.88. The molecular formula is C23H27N3O2. The largest absolute Gasteiger partial charge is 0.399 e. The number of carbonyl (C=O) groups excluding carboxylic acids is 2. The van der Waals surface area contributed by atoms with Gasteiger partial charge in [0.15, 0.2) is 0 Å². The number of hydrogen-bond acceptors (Lipinski definition) is 3. The van der Waals surface area contributed by atoms with Crippen LogP contribution in [0.1, 0.15) is 48.4 Å². The molecule has 1 saturated heterocycles. The van der Waals surface area contributed by atoms with E-state index in [2.05, 4.69) is 5.32 Å². The van der Waals surface area contributed by atoms with E-state index in [1.165, 1.54) is 5.56 Å². The number of benzene rings is 2. The molecule has 2 unspecified atom stereocenters. The molecule has 0 aromatic heterocycles. The van der Waals surface area contributed by atoms with Gasteiger partial charge in [-0.15, -0.1) is 0 Å². The number of nitrogen functional groups attached to an aromatic ring is 1. The number of carbonyl (C=O) groups is 2. The quantitative estimate of drug-likeness (QED) is 0.805. The highest BCUT2D eigenvalue weighted by molar-refractivity contribution is 5.89. The molecule has 1 aliphatic heterocycles. The Balaban J connectivity index is 1.44. The molecule has 0 saturated carbocycles. The molecule has 5 nitrogen and oxygen atoms in total. The van der Waals surface area contributed by atoms with Crippen molar-refractivity contribution in [3.63, 3.8) is 0 Å². The number of aryl methyl sites for hydroxylation is 1. The number of nitrogens with one attached hydrogen (secondary N) is 1. The minimum Gasteiger partial charge on any atom is -0.399 e. The molecule has 0 radical (unpaired) electrons. The van der Waals surface area contributed by atoms with Gasteiger partial charge in [0.2, 0.25) is 11.8 Å². The molecule has 0 bridgehead atoms. The van der Waals surface area contributed by atoms with Crippen molar-refractivity contribution < 1.29 is 9.59 Å². The average molecular weight is 377 g/mol. The molecular weight excluding hydrogens is 350 g/mol. The topological polar surface area (TPSA) is 75.4 Å². The second-order valence-corrected chi connectivity index (χ2v) is 7.82. The molecule has 1 heterocycles. The van der Waals surface area contributed by atoms with Gasteiger partial charge in [-0.1, -0.05) is 36.4 Å². The van der Waals surface area contributed by atoms with Crippen molar-refractivity contribution in [1.82, 2.24) is 10.2 Å². The summed E-state index contributed by atoms with van der Waals surface area (Å²) in [6.07, 6.45) is 4.90. The molecule has 3 N–H and O–H groups in total. The van der Waals surface area contributed by atoms with Gasteiger partial charge in [0.1, 0.15) is 6.04 Å². The second kappa shape index (κ2) is 8.05. The first-order valence-corrected chi connectivity index (χ1v) is 10.1. The predicted molar refractivity (Wildman–Crippen MR) is 110 cm³/mol. The molecule has 2 aromatic carbocycles. The van der Waals surface area contributed by atoms with Gasteiger partial charge in [-0.05, 0) is 60.9 Å². The van der Waals surface area contributed by atoms with E-state index in [-0.39, 0.29) is 23.9 Å². The number of likely N-dealkylation sites (tertiary alicyclic amines) is 1. The van der Waals surface area contributed by atoms with Crippen LogP contribution in [0.15, 0.2) is 48.5 Å². The summed E-state index contributed by atoms with van der Waals surface area (Å²) in [6.45, 7) is 0.654. The van der Waals surface area contributed by atoms with E-state index in [1.807, 2.05) is 48.5 Å². The average Bonchev–Trinajstić information content (AvgIpc) is 3.19. The first-order chi connectivity index (χ1) is 13.6. The fourth-order valence-corrected chi connectivity index (χ4v) is 4.46. The lowest BCUT2D eigenvalue weighted by molar-refractivity contribution is -0.138. The molecule has 2 atom stereocenters. The smallest absolute Gasteiger partial charge is 0.243 e. The molecule has 2 aromatic rings. The number of nitrogens with two attached hydrogens (primary N) is 1. The molecule has 1 fully saturated rings. The van der Waals surface area contributed by atoms with Crippen molar-refractivity contribution in [1.29, 1.82) is 0 Å². The van der Waals surface area contributed by atoms with E-state index in [9.17, 15) is 9.59 Å². The molecule has 0 spiro atoms. The highest BCUT2D eigenvalue weighted by Gasteiger charge is 2.35. The van der Waals surface area contributed by atoms with Gasteiger partial charge in [0, 0.05) is 12.2 Å². The third-order valence-electron chi connectivity index (χ3n) is 5.87. The van der Waals surface area contributed by atoms with Gasteiger partial charge >= 0.3 is 0 Å². The lowest BCUT2D eigenvalue weighted by Gasteiger charge is -2.30. The summed E-state index contributed by atoms with van der Waals surface area (Å²) in [5, 5.41) is 3.21. The van der Waals surface area contributed by atoms with Crippen molar-refractivity contribution in [2.45, 2.75) is 50.6 Å². The van der Waals surface area contributed by atoms with Crippen LogP contribution in [0.5, 0.6) is 0 Å². The van der Waals surface area contributed by atoms with Gasteiger partial charge in [-0.3, -0.25) is 9.59 Å². The predicted octanol–water partition coefficient (Wildman–Crippen LogP) is 3.00. The monoisotopic (exact) mass is 377 g/mol. The Morgan fingerprint density at radius 1 is 1.07 bits per heavy atom. The zero-order valence-electron chi connectivity index (χ0n) is 16.1. The highest BCUT2D eigenvalue weighted by Crippen LogP contribution is 2.31. The Hall–Kier alpha value is -2.82. The van der Waals surface area contributed by atoms with Crippen molar-refractivity contribution in [2.75, 3.05) is 12.3 Å². The van der Waals surface area contributed by atoms with Crippen LogP contribution in [0.2, 0.25) is 0 Å². The minimum absolute atomic E-state index is 0.00326. The van der Waals surface area contributed by atoms with Crippen LogP contribution >= 0.6 is 0 Å².